The molecule has 0 saturated carbocycles. The van der Waals surface area contributed by atoms with Gasteiger partial charge in [-0.2, -0.15) is 11.8 Å². The molecule has 0 aromatic rings. The third kappa shape index (κ3) is 12.0. The molecule has 0 aliphatic carbocycles. The minimum Gasteiger partial charge on any atom is -0.480 e. The summed E-state index contributed by atoms with van der Waals surface area (Å²) in [7, 11) is 0. The summed E-state index contributed by atoms with van der Waals surface area (Å²) in [5.74, 6) is -3.45. The van der Waals surface area contributed by atoms with Gasteiger partial charge in [-0.15, -0.1) is 0 Å². The number of nitrogens with one attached hydrogen (secondary N) is 3. The molecule has 196 valence electrons. The van der Waals surface area contributed by atoms with Gasteiger partial charge in [0.05, 0.1) is 12.2 Å². The van der Waals surface area contributed by atoms with Crippen LogP contribution in [-0.2, 0) is 19.2 Å². The zero-order valence-corrected chi connectivity index (χ0v) is 20.4. The number of carboxylic acids is 1. The molecule has 12 N–H and O–H groups in total. The van der Waals surface area contributed by atoms with Crippen molar-refractivity contribution in [3.63, 3.8) is 0 Å². The van der Waals surface area contributed by atoms with Crippen LogP contribution in [0.4, 0.5) is 0 Å². The molecule has 0 fully saturated rings. The van der Waals surface area contributed by atoms with Gasteiger partial charge < -0.3 is 48.5 Å². The lowest BCUT2D eigenvalue weighted by Crippen LogP contribution is -2.60. The fraction of sp³-hybridized carbons (Fsp3) is 0.737. The Morgan fingerprint density at radius 1 is 0.912 bits per heavy atom. The van der Waals surface area contributed by atoms with E-state index in [0.29, 0.717) is 5.75 Å². The molecular weight excluding hydrogens is 470 g/mol. The van der Waals surface area contributed by atoms with Crippen LogP contribution < -0.4 is 33.2 Å². The summed E-state index contributed by atoms with van der Waals surface area (Å²) in [6, 6.07) is -5.17. The molecule has 0 spiro atoms. The summed E-state index contributed by atoms with van der Waals surface area (Å²) in [5, 5.41) is 36.0. The highest BCUT2D eigenvalue weighted by molar-refractivity contribution is 7.98. The average molecular weight is 508 g/mol. The monoisotopic (exact) mass is 507 g/mol. The van der Waals surface area contributed by atoms with Crippen molar-refractivity contribution in [3.8, 4) is 0 Å². The van der Waals surface area contributed by atoms with Crippen LogP contribution in [0, 0.1) is 0 Å². The second-order valence-corrected chi connectivity index (χ2v) is 8.67. The number of nitrogens with zero attached hydrogens (tertiary/aromatic N) is 1. The van der Waals surface area contributed by atoms with E-state index in [-0.39, 0.29) is 31.8 Å². The number of carboxylic acid groups (broad SMARTS) is 1. The lowest BCUT2D eigenvalue weighted by Gasteiger charge is -2.26. The number of thioether (sulfide) groups is 1. The zero-order valence-electron chi connectivity index (χ0n) is 19.6. The standard InChI is InChI=1S/C19H37N7O7S/c1-9(27)13(20)16(30)24-11(6-8-34-3)15(29)26-14(10(2)28)17(31)25-12(18(32)33)5-4-7-23-19(21)22/h9-14,27-28H,4-8,20H2,1-3H3,(H,24,30)(H,25,31)(H,26,29)(H,32,33)(H4,21,22,23). The van der Waals surface area contributed by atoms with Gasteiger partial charge in [-0.25, -0.2) is 4.79 Å². The molecule has 14 nitrogen and oxygen atoms in total. The maximum absolute atomic E-state index is 12.8. The largest absolute Gasteiger partial charge is 0.480 e. The van der Waals surface area contributed by atoms with Crippen molar-refractivity contribution >= 4 is 41.4 Å². The lowest BCUT2D eigenvalue weighted by atomic mass is 10.1. The van der Waals surface area contributed by atoms with Crippen molar-refractivity contribution < 1.29 is 34.5 Å². The summed E-state index contributed by atoms with van der Waals surface area (Å²) in [6.07, 6.45) is -0.294. The minimum atomic E-state index is -1.49. The fourth-order valence-electron chi connectivity index (χ4n) is 2.67. The highest BCUT2D eigenvalue weighted by Gasteiger charge is 2.32. The van der Waals surface area contributed by atoms with Crippen LogP contribution in [0.3, 0.4) is 0 Å². The van der Waals surface area contributed by atoms with Gasteiger partial charge in [0.1, 0.15) is 24.2 Å². The first-order valence-corrected chi connectivity index (χ1v) is 12.0. The molecule has 6 atom stereocenters. The molecule has 0 aliphatic heterocycles. The number of guanidine groups is 1. The Labute approximate surface area is 202 Å². The Kier molecular flexibility index (Phi) is 14.8. The molecule has 0 aromatic carbocycles. The van der Waals surface area contributed by atoms with Crippen LogP contribution in [0.5, 0.6) is 0 Å². The first-order valence-electron chi connectivity index (χ1n) is 10.6. The number of aliphatic hydroxyl groups excluding tert-OH is 2. The topological polar surface area (TPSA) is 255 Å². The minimum absolute atomic E-state index is 0.00195. The quantitative estimate of drug-likeness (QED) is 0.0560. The predicted molar refractivity (Wildman–Crippen MR) is 128 cm³/mol. The summed E-state index contributed by atoms with van der Waals surface area (Å²) in [5.41, 5.74) is 16.0. The number of aliphatic carboxylic acids is 1. The van der Waals surface area contributed by atoms with Crippen LogP contribution in [0.15, 0.2) is 4.99 Å². The van der Waals surface area contributed by atoms with E-state index in [1.54, 1.807) is 6.26 Å². The van der Waals surface area contributed by atoms with Crippen LogP contribution in [0.25, 0.3) is 0 Å². The molecule has 6 unspecified atom stereocenters. The van der Waals surface area contributed by atoms with Crippen molar-refractivity contribution in [3.05, 3.63) is 0 Å². The second kappa shape index (κ2) is 16.1. The van der Waals surface area contributed by atoms with E-state index in [9.17, 15) is 34.5 Å². The molecule has 0 aromatic heterocycles. The smallest absolute Gasteiger partial charge is 0.326 e. The normalized spacial score (nSPS) is 16.2. The lowest BCUT2D eigenvalue weighted by molar-refractivity contribution is -0.143. The Morgan fingerprint density at radius 3 is 1.97 bits per heavy atom. The van der Waals surface area contributed by atoms with Gasteiger partial charge >= 0.3 is 5.97 Å². The van der Waals surface area contributed by atoms with Crippen LogP contribution >= 0.6 is 11.8 Å². The van der Waals surface area contributed by atoms with Crippen molar-refractivity contribution in [1.29, 1.82) is 0 Å². The van der Waals surface area contributed by atoms with E-state index in [0.717, 1.165) is 0 Å². The number of amides is 3. The predicted octanol–water partition coefficient (Wildman–Crippen LogP) is -3.58. The Morgan fingerprint density at radius 2 is 1.50 bits per heavy atom. The highest BCUT2D eigenvalue weighted by Crippen LogP contribution is 2.05. The first-order chi connectivity index (χ1) is 15.8. The van der Waals surface area contributed by atoms with Crippen molar-refractivity contribution in [2.24, 2.45) is 22.2 Å². The summed E-state index contributed by atoms with van der Waals surface area (Å²) < 4.78 is 0. The third-order valence-electron chi connectivity index (χ3n) is 4.69. The SMILES string of the molecule is CSCCC(NC(=O)C(N)C(C)O)C(=O)NC(C(=O)NC(CCCN=C(N)N)C(=O)O)C(C)O. The van der Waals surface area contributed by atoms with Crippen LogP contribution in [-0.4, -0.2) is 99.9 Å². The maximum Gasteiger partial charge on any atom is 0.326 e. The summed E-state index contributed by atoms with van der Waals surface area (Å²) in [4.78, 5) is 52.9. The first kappa shape index (κ1) is 31.4. The van der Waals surface area contributed by atoms with E-state index in [1.807, 2.05) is 0 Å². The molecule has 3 amide bonds. The Balaban J connectivity index is 5.33. The van der Waals surface area contributed by atoms with Gasteiger partial charge in [0.15, 0.2) is 5.96 Å². The molecule has 0 rings (SSSR count). The number of carbonyl (C=O) groups excluding carboxylic acids is 3. The Hall–Kier alpha value is -2.62. The van der Waals surface area contributed by atoms with Crippen LogP contribution in [0.2, 0.25) is 0 Å². The average Bonchev–Trinajstić information content (AvgIpc) is 2.75. The van der Waals surface area contributed by atoms with Gasteiger partial charge in [0.25, 0.3) is 0 Å². The van der Waals surface area contributed by atoms with Crippen molar-refractivity contribution in [2.45, 2.75) is 69.5 Å². The number of nitrogens with two attached hydrogens (primary N) is 3. The van der Waals surface area contributed by atoms with Gasteiger partial charge in [0.2, 0.25) is 17.7 Å². The van der Waals surface area contributed by atoms with E-state index in [4.69, 9.17) is 17.2 Å². The van der Waals surface area contributed by atoms with E-state index in [2.05, 4.69) is 20.9 Å². The number of aliphatic imine (C=N–C) groups is 1. The molecule has 0 saturated heterocycles. The maximum atomic E-state index is 12.8. The summed E-state index contributed by atoms with van der Waals surface area (Å²) in [6.45, 7) is 2.73. The molecule has 0 heterocycles. The fourth-order valence-corrected chi connectivity index (χ4v) is 3.14. The van der Waals surface area contributed by atoms with Crippen molar-refractivity contribution in [1.82, 2.24) is 16.0 Å². The molecule has 0 radical (unpaired) electrons. The Bertz CT molecular complexity index is 717. The number of hydrogen-bond acceptors (Lipinski definition) is 9. The number of hydrogen-bond donors (Lipinski definition) is 9. The van der Waals surface area contributed by atoms with Crippen molar-refractivity contribution in [2.75, 3.05) is 18.6 Å². The van der Waals surface area contributed by atoms with Gasteiger partial charge in [-0.3, -0.25) is 19.4 Å². The van der Waals surface area contributed by atoms with Gasteiger partial charge in [-0.05, 0) is 45.1 Å². The van der Waals surface area contributed by atoms with Gasteiger partial charge in [-0.1, -0.05) is 0 Å². The highest BCUT2D eigenvalue weighted by atomic mass is 32.2. The molecule has 15 heteroatoms. The second-order valence-electron chi connectivity index (χ2n) is 7.68. The molecule has 0 bridgehead atoms. The number of rotatable bonds is 16. The van der Waals surface area contributed by atoms with E-state index < -0.39 is 60.1 Å². The molecule has 0 aliphatic rings. The summed E-state index contributed by atoms with van der Waals surface area (Å²) >= 11 is 1.41. The number of aliphatic hydroxyl groups is 2. The molecular formula is C19H37N7O7S. The van der Waals surface area contributed by atoms with E-state index in [1.165, 1.54) is 25.6 Å². The number of carbonyl (C=O) groups is 4. The van der Waals surface area contributed by atoms with E-state index >= 15 is 0 Å². The molecule has 34 heavy (non-hydrogen) atoms. The zero-order chi connectivity index (χ0) is 26.4. The van der Waals surface area contributed by atoms with Crippen LogP contribution in [0.1, 0.15) is 33.1 Å². The van der Waals surface area contributed by atoms with Gasteiger partial charge in [0, 0.05) is 6.54 Å². The third-order valence-corrected chi connectivity index (χ3v) is 5.33.